The summed E-state index contributed by atoms with van der Waals surface area (Å²) in [6.07, 6.45) is 4.58. The van der Waals surface area contributed by atoms with Gasteiger partial charge in [-0.1, -0.05) is 13.8 Å². The second kappa shape index (κ2) is 6.96. The van der Waals surface area contributed by atoms with E-state index in [0.717, 1.165) is 18.4 Å². The Morgan fingerprint density at radius 2 is 2.05 bits per heavy atom. The molecule has 0 amide bonds. The van der Waals surface area contributed by atoms with E-state index in [9.17, 15) is 9.50 Å². The van der Waals surface area contributed by atoms with E-state index in [1.54, 1.807) is 6.20 Å². The quantitative estimate of drug-likeness (QED) is 0.799. The van der Waals surface area contributed by atoms with Crippen LogP contribution in [0.3, 0.4) is 0 Å². The Bertz CT molecular complexity index is 393. The number of hydrogen-bond donors (Lipinski definition) is 2. The summed E-state index contributed by atoms with van der Waals surface area (Å²) in [5.41, 5.74) is 0.0545. The van der Waals surface area contributed by atoms with E-state index in [2.05, 4.69) is 24.1 Å². The number of nitrogens with one attached hydrogen (secondary N) is 1. The maximum Gasteiger partial charge on any atom is 0.141 e. The van der Waals surface area contributed by atoms with Crippen LogP contribution in [0.5, 0.6) is 0 Å². The van der Waals surface area contributed by atoms with Gasteiger partial charge < -0.3 is 10.4 Å². The molecule has 1 heterocycles. The van der Waals surface area contributed by atoms with Crippen LogP contribution in [0.4, 0.5) is 4.39 Å². The van der Waals surface area contributed by atoms with Gasteiger partial charge in [0.05, 0.1) is 11.8 Å². The van der Waals surface area contributed by atoms with E-state index in [0.29, 0.717) is 12.5 Å². The highest BCUT2D eigenvalue weighted by atomic mass is 19.1. The summed E-state index contributed by atoms with van der Waals surface area (Å²) in [6, 6.07) is 1.43. The van der Waals surface area contributed by atoms with Gasteiger partial charge in [-0.25, -0.2) is 4.39 Å². The van der Waals surface area contributed by atoms with Crippen molar-refractivity contribution in [2.75, 3.05) is 6.54 Å². The van der Waals surface area contributed by atoms with E-state index >= 15 is 0 Å². The lowest BCUT2D eigenvalue weighted by atomic mass is 9.95. The number of rotatable bonds is 7. The van der Waals surface area contributed by atoms with Crippen molar-refractivity contribution >= 4 is 0 Å². The molecular formula is C15H25FN2O. The van der Waals surface area contributed by atoms with Crippen LogP contribution >= 0.6 is 0 Å². The van der Waals surface area contributed by atoms with Crippen LogP contribution in [-0.2, 0) is 0 Å². The predicted molar refractivity (Wildman–Crippen MR) is 75.3 cm³/mol. The molecule has 19 heavy (non-hydrogen) atoms. The monoisotopic (exact) mass is 268 g/mol. The van der Waals surface area contributed by atoms with Crippen molar-refractivity contribution in [2.45, 2.75) is 52.2 Å². The van der Waals surface area contributed by atoms with Crippen LogP contribution < -0.4 is 5.32 Å². The van der Waals surface area contributed by atoms with Crippen LogP contribution in [0.2, 0.25) is 0 Å². The molecule has 0 spiro atoms. The largest absolute Gasteiger partial charge is 0.389 e. The minimum atomic E-state index is -0.737. The Kier molecular flexibility index (Phi) is 5.88. The molecule has 0 saturated heterocycles. The first kappa shape index (κ1) is 16.1. The first-order valence-electron chi connectivity index (χ1n) is 6.86. The van der Waals surface area contributed by atoms with Crippen molar-refractivity contribution in [2.24, 2.45) is 5.92 Å². The van der Waals surface area contributed by atoms with Gasteiger partial charge in [0.25, 0.3) is 0 Å². The molecule has 4 heteroatoms. The SMILES string of the molecule is CC(C)CC[C@@](C)(O)CN[C@@H](C)c1cncc(F)c1. The van der Waals surface area contributed by atoms with Gasteiger partial charge in [-0.15, -0.1) is 0 Å². The fraction of sp³-hybridized carbons (Fsp3) is 0.667. The van der Waals surface area contributed by atoms with Crippen molar-refractivity contribution in [1.82, 2.24) is 10.3 Å². The van der Waals surface area contributed by atoms with Gasteiger partial charge in [0.2, 0.25) is 0 Å². The maximum atomic E-state index is 13.1. The van der Waals surface area contributed by atoms with Crippen LogP contribution in [0.1, 0.15) is 52.1 Å². The zero-order valence-electron chi connectivity index (χ0n) is 12.3. The predicted octanol–water partition coefficient (Wildman–Crippen LogP) is 3.06. The molecule has 108 valence electrons. The number of pyridine rings is 1. The molecule has 2 N–H and O–H groups in total. The van der Waals surface area contributed by atoms with E-state index in [1.807, 2.05) is 13.8 Å². The van der Waals surface area contributed by atoms with Crippen molar-refractivity contribution in [3.8, 4) is 0 Å². The van der Waals surface area contributed by atoms with Crippen LogP contribution in [0.15, 0.2) is 18.5 Å². The molecule has 0 bridgehead atoms. The summed E-state index contributed by atoms with van der Waals surface area (Å²) >= 11 is 0. The number of halogens is 1. The fourth-order valence-electron chi connectivity index (χ4n) is 1.84. The minimum Gasteiger partial charge on any atom is -0.389 e. The average molecular weight is 268 g/mol. The maximum absolute atomic E-state index is 13.1. The summed E-state index contributed by atoms with van der Waals surface area (Å²) in [5, 5.41) is 13.5. The summed E-state index contributed by atoms with van der Waals surface area (Å²) in [6.45, 7) is 8.54. The molecule has 0 fully saturated rings. The lowest BCUT2D eigenvalue weighted by molar-refractivity contribution is 0.0430. The first-order valence-corrected chi connectivity index (χ1v) is 6.86. The smallest absolute Gasteiger partial charge is 0.141 e. The molecular weight excluding hydrogens is 243 g/mol. The summed E-state index contributed by atoms with van der Waals surface area (Å²) in [5.74, 6) is 0.244. The van der Waals surface area contributed by atoms with Crippen molar-refractivity contribution in [1.29, 1.82) is 0 Å². The summed E-state index contributed by atoms with van der Waals surface area (Å²) < 4.78 is 13.1. The van der Waals surface area contributed by atoms with Crippen molar-refractivity contribution in [3.05, 3.63) is 29.8 Å². The Labute approximate surface area is 115 Å². The number of hydrogen-bond acceptors (Lipinski definition) is 3. The summed E-state index contributed by atoms with van der Waals surface area (Å²) in [4.78, 5) is 3.83. The van der Waals surface area contributed by atoms with E-state index in [1.165, 1.54) is 12.3 Å². The molecule has 0 aliphatic heterocycles. The average Bonchev–Trinajstić information content (AvgIpc) is 2.34. The van der Waals surface area contributed by atoms with Gasteiger partial charge in [0.15, 0.2) is 0 Å². The molecule has 1 aromatic heterocycles. The minimum absolute atomic E-state index is 0.0336. The number of nitrogens with zero attached hydrogens (tertiary/aromatic N) is 1. The van der Waals surface area contributed by atoms with E-state index in [-0.39, 0.29) is 11.9 Å². The number of aromatic nitrogens is 1. The number of aliphatic hydroxyl groups is 1. The summed E-state index contributed by atoms with van der Waals surface area (Å²) in [7, 11) is 0. The molecule has 1 aromatic rings. The molecule has 0 aliphatic rings. The zero-order chi connectivity index (χ0) is 14.5. The van der Waals surface area contributed by atoms with Gasteiger partial charge in [-0.2, -0.15) is 0 Å². The Hall–Kier alpha value is -1.00. The molecule has 1 rings (SSSR count). The third-order valence-electron chi connectivity index (χ3n) is 3.28. The van der Waals surface area contributed by atoms with Crippen LogP contribution in [0.25, 0.3) is 0 Å². The molecule has 0 radical (unpaired) electrons. The lowest BCUT2D eigenvalue weighted by Crippen LogP contribution is -2.39. The third-order valence-corrected chi connectivity index (χ3v) is 3.28. The topological polar surface area (TPSA) is 45.1 Å². The van der Waals surface area contributed by atoms with Gasteiger partial charge in [0, 0.05) is 18.8 Å². The molecule has 3 nitrogen and oxygen atoms in total. The standard InChI is InChI=1S/C15H25FN2O/c1-11(2)5-6-15(4,19)10-18-12(3)13-7-14(16)9-17-8-13/h7-9,11-12,18-19H,5-6,10H2,1-4H3/t12-,15+/m0/s1. The normalized spacial score (nSPS) is 16.4. The highest BCUT2D eigenvalue weighted by molar-refractivity contribution is 5.14. The highest BCUT2D eigenvalue weighted by Gasteiger charge is 2.21. The second-order valence-corrected chi connectivity index (χ2v) is 5.97. The highest BCUT2D eigenvalue weighted by Crippen LogP contribution is 2.18. The first-order chi connectivity index (χ1) is 8.80. The van der Waals surface area contributed by atoms with Crippen LogP contribution in [-0.4, -0.2) is 22.2 Å². The van der Waals surface area contributed by atoms with Gasteiger partial charge in [0.1, 0.15) is 5.82 Å². The molecule has 2 atom stereocenters. The fourth-order valence-corrected chi connectivity index (χ4v) is 1.84. The molecule has 0 saturated carbocycles. The Morgan fingerprint density at radius 3 is 2.63 bits per heavy atom. The van der Waals surface area contributed by atoms with E-state index in [4.69, 9.17) is 0 Å². The third kappa shape index (κ3) is 6.12. The van der Waals surface area contributed by atoms with Gasteiger partial charge in [-0.3, -0.25) is 4.98 Å². The van der Waals surface area contributed by atoms with Gasteiger partial charge >= 0.3 is 0 Å². The molecule has 0 unspecified atom stereocenters. The molecule has 0 aliphatic carbocycles. The lowest BCUT2D eigenvalue weighted by Gasteiger charge is -2.26. The Balaban J connectivity index is 2.47. The van der Waals surface area contributed by atoms with Crippen molar-refractivity contribution < 1.29 is 9.50 Å². The van der Waals surface area contributed by atoms with Gasteiger partial charge in [-0.05, 0) is 44.2 Å². The van der Waals surface area contributed by atoms with Crippen molar-refractivity contribution in [3.63, 3.8) is 0 Å². The Morgan fingerprint density at radius 1 is 1.37 bits per heavy atom. The van der Waals surface area contributed by atoms with E-state index < -0.39 is 5.60 Å². The molecule has 0 aromatic carbocycles. The zero-order valence-corrected chi connectivity index (χ0v) is 12.3. The van der Waals surface area contributed by atoms with Crippen LogP contribution in [0, 0.1) is 11.7 Å². The second-order valence-electron chi connectivity index (χ2n) is 5.97.